The number of anilines is 1. The minimum atomic E-state index is -1.12. The lowest BCUT2D eigenvalue weighted by Crippen LogP contribution is -2.44. The Bertz CT molecular complexity index is 504. The largest absolute Gasteiger partial charge is 0.384 e. The Kier molecular flexibility index (Phi) is 4.07. The molecule has 0 aromatic heterocycles. The van der Waals surface area contributed by atoms with Gasteiger partial charge >= 0.3 is 0 Å². The first-order valence-electron chi connectivity index (χ1n) is 6.04. The van der Waals surface area contributed by atoms with Crippen LogP contribution in [-0.2, 0) is 9.59 Å². The van der Waals surface area contributed by atoms with Crippen molar-refractivity contribution in [3.8, 4) is 0 Å². The van der Waals surface area contributed by atoms with Gasteiger partial charge in [-0.25, -0.2) is 0 Å². The van der Waals surface area contributed by atoms with E-state index in [0.29, 0.717) is 23.7 Å². The van der Waals surface area contributed by atoms with Gasteiger partial charge in [-0.15, -0.1) is 0 Å². The smallest absolute Gasteiger partial charge is 0.249 e. The van der Waals surface area contributed by atoms with Gasteiger partial charge in [-0.1, -0.05) is 17.7 Å². The van der Waals surface area contributed by atoms with Gasteiger partial charge in [0, 0.05) is 17.3 Å². The molecular formula is C13H15ClN2O3. The zero-order chi connectivity index (χ0) is 14.0. The molecule has 2 unspecified atom stereocenters. The van der Waals surface area contributed by atoms with E-state index in [1.54, 1.807) is 29.2 Å². The van der Waals surface area contributed by atoms with Crippen molar-refractivity contribution in [2.45, 2.75) is 25.5 Å². The summed E-state index contributed by atoms with van der Waals surface area (Å²) in [6, 6.07) is 6.42. The summed E-state index contributed by atoms with van der Waals surface area (Å²) in [5.41, 5.74) is 0.714. The lowest BCUT2D eigenvalue weighted by molar-refractivity contribution is -0.131. The molecule has 1 fully saturated rings. The summed E-state index contributed by atoms with van der Waals surface area (Å²) in [4.78, 5) is 25.1. The zero-order valence-corrected chi connectivity index (χ0v) is 11.2. The van der Waals surface area contributed by atoms with E-state index in [1.165, 1.54) is 6.92 Å². The van der Waals surface area contributed by atoms with Gasteiger partial charge in [-0.3, -0.25) is 9.59 Å². The number of nitrogens with zero attached hydrogens (tertiary/aromatic N) is 1. The molecule has 19 heavy (non-hydrogen) atoms. The zero-order valence-electron chi connectivity index (χ0n) is 10.5. The maximum atomic E-state index is 12.2. The third-order valence-corrected chi connectivity index (χ3v) is 3.26. The Morgan fingerprint density at radius 1 is 1.58 bits per heavy atom. The Balaban J connectivity index is 2.08. The number of hydrogen-bond donors (Lipinski definition) is 2. The first-order chi connectivity index (χ1) is 8.99. The molecule has 1 heterocycles. The molecule has 2 atom stereocenters. The minimum absolute atomic E-state index is 0.184. The molecule has 2 amide bonds. The second kappa shape index (κ2) is 5.59. The van der Waals surface area contributed by atoms with Gasteiger partial charge in [-0.2, -0.15) is 0 Å². The molecule has 0 bridgehead atoms. The third-order valence-electron chi connectivity index (χ3n) is 3.02. The highest BCUT2D eigenvalue weighted by atomic mass is 35.5. The topological polar surface area (TPSA) is 69.6 Å². The van der Waals surface area contributed by atoms with E-state index in [-0.39, 0.29) is 5.91 Å². The highest BCUT2D eigenvalue weighted by Crippen LogP contribution is 2.24. The molecule has 2 N–H and O–H groups in total. The van der Waals surface area contributed by atoms with Crippen molar-refractivity contribution in [3.05, 3.63) is 29.3 Å². The second-order valence-electron chi connectivity index (χ2n) is 4.50. The summed E-state index contributed by atoms with van der Waals surface area (Å²) in [7, 11) is 0. The van der Waals surface area contributed by atoms with Crippen LogP contribution in [0.4, 0.5) is 5.69 Å². The maximum absolute atomic E-state index is 12.2. The van der Waals surface area contributed by atoms with E-state index >= 15 is 0 Å². The van der Waals surface area contributed by atoms with Crippen LogP contribution < -0.4 is 10.2 Å². The molecule has 1 aliphatic rings. The summed E-state index contributed by atoms with van der Waals surface area (Å²) >= 11 is 5.89. The second-order valence-corrected chi connectivity index (χ2v) is 4.93. The monoisotopic (exact) mass is 282 g/mol. The minimum Gasteiger partial charge on any atom is -0.384 e. The van der Waals surface area contributed by atoms with Crippen LogP contribution in [0, 0.1) is 0 Å². The van der Waals surface area contributed by atoms with E-state index in [9.17, 15) is 9.59 Å². The number of nitrogens with one attached hydrogen (secondary N) is 1. The van der Waals surface area contributed by atoms with E-state index in [1.807, 2.05) is 0 Å². The standard InChI is InChI=1S/C13H15ClN2O3/c1-8(17)12(18)15-11-5-6-16(13(11)19)10-4-2-3-9(14)7-10/h2-4,7-8,11,17H,5-6H2,1H3,(H,15,18). The van der Waals surface area contributed by atoms with Crippen molar-refractivity contribution in [1.29, 1.82) is 0 Å². The van der Waals surface area contributed by atoms with E-state index in [2.05, 4.69) is 5.32 Å². The molecule has 1 saturated heterocycles. The average Bonchev–Trinajstić information content (AvgIpc) is 2.71. The van der Waals surface area contributed by atoms with Crippen LogP contribution in [0.2, 0.25) is 5.02 Å². The lowest BCUT2D eigenvalue weighted by atomic mass is 10.2. The molecule has 2 rings (SSSR count). The van der Waals surface area contributed by atoms with Crippen LogP contribution >= 0.6 is 11.6 Å². The van der Waals surface area contributed by atoms with Gasteiger partial charge in [0.15, 0.2) is 0 Å². The highest BCUT2D eigenvalue weighted by Gasteiger charge is 2.34. The number of rotatable bonds is 3. The van der Waals surface area contributed by atoms with Crippen molar-refractivity contribution in [2.75, 3.05) is 11.4 Å². The lowest BCUT2D eigenvalue weighted by Gasteiger charge is -2.17. The number of hydrogen-bond acceptors (Lipinski definition) is 3. The van der Waals surface area contributed by atoms with Crippen LogP contribution in [0.5, 0.6) is 0 Å². The number of carbonyl (C=O) groups excluding carboxylic acids is 2. The molecule has 102 valence electrons. The average molecular weight is 283 g/mol. The number of amides is 2. The Labute approximate surface area is 116 Å². The molecule has 0 saturated carbocycles. The van der Waals surface area contributed by atoms with Crippen molar-refractivity contribution >= 4 is 29.1 Å². The van der Waals surface area contributed by atoms with Crippen molar-refractivity contribution < 1.29 is 14.7 Å². The number of carbonyl (C=O) groups is 2. The number of aliphatic hydroxyl groups excluding tert-OH is 1. The number of benzene rings is 1. The van der Waals surface area contributed by atoms with Gasteiger partial charge < -0.3 is 15.3 Å². The van der Waals surface area contributed by atoms with Gasteiger partial charge in [0.1, 0.15) is 12.1 Å². The molecule has 0 spiro atoms. The molecule has 6 heteroatoms. The summed E-state index contributed by atoms with van der Waals surface area (Å²) in [5.74, 6) is -0.720. The highest BCUT2D eigenvalue weighted by molar-refractivity contribution is 6.31. The summed E-state index contributed by atoms with van der Waals surface area (Å²) in [5, 5.41) is 12.2. The fourth-order valence-electron chi connectivity index (χ4n) is 2.01. The molecule has 1 aliphatic heterocycles. The molecule has 1 aromatic carbocycles. The predicted molar refractivity (Wildman–Crippen MR) is 72.0 cm³/mol. The molecule has 1 aromatic rings. The predicted octanol–water partition coefficient (Wildman–Crippen LogP) is 0.942. The van der Waals surface area contributed by atoms with Crippen LogP contribution in [0.25, 0.3) is 0 Å². The van der Waals surface area contributed by atoms with Crippen LogP contribution in [0.15, 0.2) is 24.3 Å². The number of halogens is 1. The van der Waals surface area contributed by atoms with Gasteiger partial charge in [-0.05, 0) is 31.5 Å². The Morgan fingerprint density at radius 3 is 2.95 bits per heavy atom. The van der Waals surface area contributed by atoms with E-state index < -0.39 is 18.1 Å². The SMILES string of the molecule is CC(O)C(=O)NC1CCN(c2cccc(Cl)c2)C1=O. The molecule has 0 aliphatic carbocycles. The fraction of sp³-hybridized carbons (Fsp3) is 0.385. The first-order valence-corrected chi connectivity index (χ1v) is 6.42. The Morgan fingerprint density at radius 2 is 2.32 bits per heavy atom. The van der Waals surface area contributed by atoms with Crippen molar-refractivity contribution in [3.63, 3.8) is 0 Å². The first kappa shape index (κ1) is 13.8. The van der Waals surface area contributed by atoms with E-state index in [0.717, 1.165) is 0 Å². The normalized spacial score (nSPS) is 20.5. The summed E-state index contributed by atoms with van der Waals surface area (Å²) < 4.78 is 0. The molecular weight excluding hydrogens is 268 g/mol. The summed E-state index contributed by atoms with van der Waals surface area (Å²) in [6.45, 7) is 1.88. The molecule has 5 nitrogen and oxygen atoms in total. The third kappa shape index (κ3) is 3.05. The fourth-order valence-corrected chi connectivity index (χ4v) is 2.19. The Hall–Kier alpha value is -1.59. The van der Waals surface area contributed by atoms with Crippen molar-refractivity contribution in [1.82, 2.24) is 5.32 Å². The van der Waals surface area contributed by atoms with Crippen LogP contribution in [-0.4, -0.2) is 35.6 Å². The van der Waals surface area contributed by atoms with Gasteiger partial charge in [0.25, 0.3) is 0 Å². The molecule has 0 radical (unpaired) electrons. The van der Waals surface area contributed by atoms with Crippen LogP contribution in [0.3, 0.4) is 0 Å². The van der Waals surface area contributed by atoms with Crippen LogP contribution in [0.1, 0.15) is 13.3 Å². The maximum Gasteiger partial charge on any atom is 0.249 e. The quantitative estimate of drug-likeness (QED) is 0.867. The van der Waals surface area contributed by atoms with Gasteiger partial charge in [0.2, 0.25) is 11.8 Å². The van der Waals surface area contributed by atoms with Crippen molar-refractivity contribution in [2.24, 2.45) is 0 Å². The van der Waals surface area contributed by atoms with Gasteiger partial charge in [0.05, 0.1) is 0 Å². The number of aliphatic hydroxyl groups is 1. The van der Waals surface area contributed by atoms with E-state index in [4.69, 9.17) is 16.7 Å². The summed E-state index contributed by atoms with van der Waals surface area (Å²) in [6.07, 6.45) is -0.600.